The zero-order valence-corrected chi connectivity index (χ0v) is 12.0. The van der Waals surface area contributed by atoms with E-state index in [4.69, 9.17) is 5.11 Å². The fraction of sp³-hybridized carbons (Fsp3) is 0.667. The number of nitrogens with one attached hydrogen (secondary N) is 1. The molecule has 0 radical (unpaired) electrons. The molecule has 1 heterocycles. The Kier molecular flexibility index (Phi) is 5.94. The number of likely N-dealkylation sites (N-methyl/N-ethyl adjacent to an activating group) is 1. The number of hydrogen-bond acceptors (Lipinski definition) is 5. The van der Waals surface area contributed by atoms with Gasteiger partial charge < -0.3 is 25.0 Å². The van der Waals surface area contributed by atoms with Gasteiger partial charge in [-0.25, -0.2) is 4.79 Å². The zero-order chi connectivity index (χ0) is 16.0. The average Bonchev–Trinajstić information content (AvgIpc) is 2.45. The largest absolute Gasteiger partial charge is 0.481 e. The van der Waals surface area contributed by atoms with Crippen molar-refractivity contribution in [1.29, 1.82) is 0 Å². The molecule has 0 spiro atoms. The fourth-order valence-electron chi connectivity index (χ4n) is 2.03. The lowest BCUT2D eigenvalue weighted by Crippen LogP contribution is -2.60. The summed E-state index contributed by atoms with van der Waals surface area (Å²) in [7, 11) is 1.21. The molecule has 118 valence electrons. The summed E-state index contributed by atoms with van der Waals surface area (Å²) in [6.07, 6.45) is -0.479. The van der Waals surface area contributed by atoms with E-state index in [-0.39, 0.29) is 26.2 Å². The normalized spacial score (nSPS) is 17.9. The zero-order valence-electron chi connectivity index (χ0n) is 12.0. The summed E-state index contributed by atoms with van der Waals surface area (Å²) < 4.78 is 4.51. The first kappa shape index (κ1) is 16.7. The molecule has 0 aromatic carbocycles. The van der Waals surface area contributed by atoms with Crippen LogP contribution in [0.2, 0.25) is 0 Å². The number of carboxylic acid groups (broad SMARTS) is 1. The van der Waals surface area contributed by atoms with Gasteiger partial charge in [0, 0.05) is 19.6 Å². The van der Waals surface area contributed by atoms with Gasteiger partial charge in [-0.05, 0) is 6.92 Å². The van der Waals surface area contributed by atoms with Gasteiger partial charge in [-0.1, -0.05) is 0 Å². The molecule has 1 fully saturated rings. The van der Waals surface area contributed by atoms with Gasteiger partial charge in [0.25, 0.3) is 0 Å². The minimum Gasteiger partial charge on any atom is -0.481 e. The topological polar surface area (TPSA) is 116 Å². The highest BCUT2D eigenvalue weighted by molar-refractivity contribution is 5.92. The lowest BCUT2D eigenvalue weighted by atomic mass is 10.1. The van der Waals surface area contributed by atoms with E-state index in [2.05, 4.69) is 10.1 Å². The first-order valence-corrected chi connectivity index (χ1v) is 6.52. The summed E-state index contributed by atoms with van der Waals surface area (Å²) in [5, 5.41) is 11.4. The molecule has 1 unspecified atom stereocenters. The van der Waals surface area contributed by atoms with Crippen molar-refractivity contribution in [1.82, 2.24) is 15.1 Å². The number of methoxy groups -OCH3 is 1. The first-order chi connectivity index (χ1) is 9.90. The molecule has 0 saturated carbocycles. The molecule has 1 aliphatic heterocycles. The summed E-state index contributed by atoms with van der Waals surface area (Å²) in [5.74, 6) is -2.27. The van der Waals surface area contributed by atoms with Crippen LogP contribution in [0.1, 0.15) is 13.3 Å². The Morgan fingerprint density at radius 2 is 2.14 bits per heavy atom. The quantitative estimate of drug-likeness (QED) is 0.621. The van der Waals surface area contributed by atoms with Gasteiger partial charge in [-0.2, -0.15) is 0 Å². The molecule has 21 heavy (non-hydrogen) atoms. The Labute approximate surface area is 121 Å². The lowest BCUT2D eigenvalue weighted by Gasteiger charge is -2.37. The van der Waals surface area contributed by atoms with Crippen LogP contribution in [0.15, 0.2) is 0 Å². The van der Waals surface area contributed by atoms with Gasteiger partial charge in [0.1, 0.15) is 12.6 Å². The van der Waals surface area contributed by atoms with Crippen LogP contribution in [-0.4, -0.2) is 78.1 Å². The number of carbonyl (C=O) groups excluding carboxylic acids is 3. The molecule has 0 aliphatic carbocycles. The van der Waals surface area contributed by atoms with Gasteiger partial charge in [0.05, 0.1) is 13.5 Å². The molecule has 1 atom stereocenters. The summed E-state index contributed by atoms with van der Waals surface area (Å²) in [5.41, 5.74) is 0. The molecule has 1 rings (SSSR count). The van der Waals surface area contributed by atoms with Crippen LogP contribution in [0.25, 0.3) is 0 Å². The van der Waals surface area contributed by atoms with E-state index in [1.165, 1.54) is 16.9 Å². The number of carboxylic acids is 1. The smallest absolute Gasteiger partial charge is 0.325 e. The second kappa shape index (κ2) is 7.46. The van der Waals surface area contributed by atoms with Gasteiger partial charge >= 0.3 is 18.0 Å². The first-order valence-electron chi connectivity index (χ1n) is 6.52. The number of carbonyl (C=O) groups is 4. The van der Waals surface area contributed by atoms with E-state index >= 15 is 0 Å². The van der Waals surface area contributed by atoms with E-state index in [0.717, 1.165) is 0 Å². The van der Waals surface area contributed by atoms with Crippen molar-refractivity contribution in [3.8, 4) is 0 Å². The summed E-state index contributed by atoms with van der Waals surface area (Å²) >= 11 is 0. The average molecular weight is 301 g/mol. The fourth-order valence-corrected chi connectivity index (χ4v) is 2.03. The number of esters is 1. The number of hydrogen-bond donors (Lipinski definition) is 2. The monoisotopic (exact) mass is 301 g/mol. The van der Waals surface area contributed by atoms with Crippen LogP contribution in [0, 0.1) is 0 Å². The van der Waals surface area contributed by atoms with Gasteiger partial charge in [-0.15, -0.1) is 0 Å². The van der Waals surface area contributed by atoms with Crippen molar-refractivity contribution in [3.63, 3.8) is 0 Å². The van der Waals surface area contributed by atoms with E-state index < -0.39 is 36.3 Å². The molecule has 9 nitrogen and oxygen atoms in total. The number of piperazine rings is 1. The summed E-state index contributed by atoms with van der Waals surface area (Å²) in [6, 6.07) is -1.63. The van der Waals surface area contributed by atoms with E-state index in [1.54, 1.807) is 6.92 Å². The standard InChI is InChI=1S/C12H19N3O6/c1-3-14(7-10(18)21-2)12(20)15-5-4-13-11(19)8(15)6-9(16)17/h8H,3-7H2,1-2H3,(H,13,19)(H,16,17). The number of urea groups is 1. The van der Waals surface area contributed by atoms with Crippen molar-refractivity contribution in [3.05, 3.63) is 0 Å². The van der Waals surface area contributed by atoms with Crippen molar-refractivity contribution in [2.45, 2.75) is 19.4 Å². The highest BCUT2D eigenvalue weighted by atomic mass is 16.5. The van der Waals surface area contributed by atoms with Crippen molar-refractivity contribution in [2.24, 2.45) is 0 Å². The predicted octanol–water partition coefficient (Wildman–Crippen LogP) is -1.12. The van der Waals surface area contributed by atoms with E-state index in [1.807, 2.05) is 0 Å². The minimum atomic E-state index is -1.18. The Morgan fingerprint density at radius 3 is 2.67 bits per heavy atom. The maximum atomic E-state index is 12.4. The molecule has 9 heteroatoms. The Balaban J connectivity index is 2.86. The third kappa shape index (κ3) is 4.33. The third-order valence-corrected chi connectivity index (χ3v) is 3.14. The van der Waals surface area contributed by atoms with Crippen LogP contribution in [0.4, 0.5) is 4.79 Å². The number of ether oxygens (including phenoxy) is 1. The molecule has 0 bridgehead atoms. The predicted molar refractivity (Wildman–Crippen MR) is 70.4 cm³/mol. The SMILES string of the molecule is CCN(CC(=O)OC)C(=O)N1CCNC(=O)C1CC(=O)O. The highest BCUT2D eigenvalue weighted by Gasteiger charge is 2.36. The third-order valence-electron chi connectivity index (χ3n) is 3.14. The summed E-state index contributed by atoms with van der Waals surface area (Å²) in [4.78, 5) is 48.7. The van der Waals surface area contributed by atoms with Crippen LogP contribution in [0.5, 0.6) is 0 Å². The number of rotatable bonds is 5. The Morgan fingerprint density at radius 1 is 1.48 bits per heavy atom. The van der Waals surface area contributed by atoms with Crippen LogP contribution in [0.3, 0.4) is 0 Å². The number of amides is 3. The van der Waals surface area contributed by atoms with Crippen LogP contribution >= 0.6 is 0 Å². The maximum Gasteiger partial charge on any atom is 0.325 e. The van der Waals surface area contributed by atoms with E-state index in [9.17, 15) is 19.2 Å². The van der Waals surface area contributed by atoms with Gasteiger partial charge in [0.2, 0.25) is 5.91 Å². The summed E-state index contributed by atoms with van der Waals surface area (Å²) in [6.45, 7) is 2.11. The highest BCUT2D eigenvalue weighted by Crippen LogP contribution is 2.12. The van der Waals surface area contributed by atoms with Gasteiger partial charge in [0.15, 0.2) is 0 Å². The van der Waals surface area contributed by atoms with Crippen LogP contribution in [-0.2, 0) is 19.1 Å². The second-order valence-electron chi connectivity index (χ2n) is 4.47. The van der Waals surface area contributed by atoms with Gasteiger partial charge in [-0.3, -0.25) is 14.4 Å². The lowest BCUT2D eigenvalue weighted by molar-refractivity contribution is -0.143. The number of aliphatic carboxylic acids is 1. The molecule has 0 aromatic rings. The van der Waals surface area contributed by atoms with Crippen molar-refractivity contribution in [2.75, 3.05) is 33.3 Å². The van der Waals surface area contributed by atoms with E-state index in [0.29, 0.717) is 0 Å². The molecule has 1 saturated heterocycles. The number of nitrogens with zero attached hydrogens (tertiary/aromatic N) is 2. The second-order valence-corrected chi connectivity index (χ2v) is 4.47. The molecule has 0 aromatic heterocycles. The minimum absolute atomic E-state index is 0.195. The molecule has 3 amide bonds. The van der Waals surface area contributed by atoms with Crippen molar-refractivity contribution < 1.29 is 29.0 Å². The molecule has 2 N–H and O–H groups in total. The Bertz CT molecular complexity index is 439. The molecular weight excluding hydrogens is 282 g/mol. The molecule has 1 aliphatic rings. The Hall–Kier alpha value is -2.32. The molecular formula is C12H19N3O6. The van der Waals surface area contributed by atoms with Crippen LogP contribution < -0.4 is 5.32 Å². The van der Waals surface area contributed by atoms with Crippen molar-refractivity contribution >= 4 is 23.9 Å². The maximum absolute atomic E-state index is 12.4.